The van der Waals surface area contributed by atoms with Gasteiger partial charge in [0.15, 0.2) is 5.60 Å². The van der Waals surface area contributed by atoms with Crippen LogP contribution in [-0.4, -0.2) is 37.9 Å². The molecule has 0 N–H and O–H groups in total. The van der Waals surface area contributed by atoms with Crippen molar-refractivity contribution in [1.82, 2.24) is 0 Å². The molecule has 5 nitrogen and oxygen atoms in total. The molecule has 0 aromatic heterocycles. The van der Waals surface area contributed by atoms with Crippen molar-refractivity contribution < 1.29 is 23.8 Å². The summed E-state index contributed by atoms with van der Waals surface area (Å²) >= 11 is 0. The van der Waals surface area contributed by atoms with Gasteiger partial charge in [-0.2, -0.15) is 0 Å². The number of methoxy groups -OCH3 is 2. The Bertz CT molecular complexity index is 606. The number of carbonyl (C=O) groups is 2. The Labute approximate surface area is 122 Å². The van der Waals surface area contributed by atoms with Gasteiger partial charge in [0.2, 0.25) is 0 Å². The molecule has 2 aliphatic rings. The maximum Gasteiger partial charge on any atom is 0.343 e. The molecule has 0 saturated carbocycles. The fourth-order valence-electron chi connectivity index (χ4n) is 3.17. The van der Waals surface area contributed by atoms with E-state index in [4.69, 9.17) is 14.2 Å². The third-order valence-corrected chi connectivity index (χ3v) is 4.16. The highest BCUT2D eigenvalue weighted by molar-refractivity contribution is 6.01. The average molecular weight is 288 g/mol. The monoisotopic (exact) mass is 288 g/mol. The van der Waals surface area contributed by atoms with Gasteiger partial charge >= 0.3 is 11.9 Å². The highest BCUT2D eigenvalue weighted by Gasteiger charge is 2.61. The smallest absolute Gasteiger partial charge is 0.343 e. The fraction of sp³-hybridized carbons (Fsp3) is 0.375. The third-order valence-electron chi connectivity index (χ3n) is 4.16. The summed E-state index contributed by atoms with van der Waals surface area (Å²) in [7, 11) is 2.58. The summed E-state index contributed by atoms with van der Waals surface area (Å²) in [6, 6.07) is 9.80. The molecule has 0 aliphatic carbocycles. The number of carbonyl (C=O) groups excluding carboxylic acids is 2. The topological polar surface area (TPSA) is 61.8 Å². The highest BCUT2D eigenvalue weighted by Crippen LogP contribution is 2.51. The van der Waals surface area contributed by atoms with E-state index in [1.54, 1.807) is 6.08 Å². The van der Waals surface area contributed by atoms with Gasteiger partial charge in [0.05, 0.1) is 25.9 Å². The minimum Gasteiger partial charge on any atom is -0.467 e. The second kappa shape index (κ2) is 5.00. The first-order valence-electron chi connectivity index (χ1n) is 6.74. The molecule has 3 unspecified atom stereocenters. The number of fused-ring (bicyclic) bond motifs is 2. The zero-order valence-electron chi connectivity index (χ0n) is 11.9. The van der Waals surface area contributed by atoms with Gasteiger partial charge in [-0.3, -0.25) is 0 Å². The summed E-state index contributed by atoms with van der Waals surface area (Å²) in [6.07, 6.45) is 1.75. The van der Waals surface area contributed by atoms with Crippen LogP contribution in [0.5, 0.6) is 0 Å². The molecule has 5 heteroatoms. The van der Waals surface area contributed by atoms with Crippen LogP contribution in [-0.2, 0) is 23.8 Å². The molecule has 0 radical (unpaired) electrons. The van der Waals surface area contributed by atoms with E-state index in [0.29, 0.717) is 6.42 Å². The van der Waals surface area contributed by atoms with E-state index in [0.717, 1.165) is 5.56 Å². The summed E-state index contributed by atoms with van der Waals surface area (Å²) in [6.45, 7) is 0. The molecule has 1 aromatic rings. The molecule has 2 heterocycles. The van der Waals surface area contributed by atoms with Crippen LogP contribution in [0.25, 0.3) is 0 Å². The molecular formula is C16H16O5. The van der Waals surface area contributed by atoms with Crippen molar-refractivity contribution in [2.75, 3.05) is 14.2 Å². The van der Waals surface area contributed by atoms with Crippen LogP contribution in [0.2, 0.25) is 0 Å². The van der Waals surface area contributed by atoms with Crippen molar-refractivity contribution in [3.05, 3.63) is 47.5 Å². The summed E-state index contributed by atoms with van der Waals surface area (Å²) in [5, 5.41) is 0. The third kappa shape index (κ3) is 1.96. The van der Waals surface area contributed by atoms with E-state index >= 15 is 0 Å². The van der Waals surface area contributed by atoms with Crippen LogP contribution in [0, 0.1) is 0 Å². The molecule has 0 amide bonds. The van der Waals surface area contributed by atoms with Crippen LogP contribution in [0.1, 0.15) is 17.9 Å². The molecule has 2 bridgehead atoms. The van der Waals surface area contributed by atoms with Gasteiger partial charge in [0.25, 0.3) is 0 Å². The number of hydrogen-bond donors (Lipinski definition) is 0. The van der Waals surface area contributed by atoms with Crippen molar-refractivity contribution in [3.8, 4) is 0 Å². The lowest BCUT2D eigenvalue weighted by molar-refractivity contribution is -0.162. The zero-order valence-corrected chi connectivity index (χ0v) is 11.9. The Morgan fingerprint density at radius 1 is 1.19 bits per heavy atom. The Balaban J connectivity index is 2.00. The average Bonchev–Trinajstić information content (AvgIpc) is 3.11. The van der Waals surface area contributed by atoms with Gasteiger partial charge < -0.3 is 14.2 Å². The second-order valence-corrected chi connectivity index (χ2v) is 5.19. The summed E-state index contributed by atoms with van der Waals surface area (Å²) in [4.78, 5) is 24.1. The first-order chi connectivity index (χ1) is 10.1. The number of esters is 2. The Hall–Kier alpha value is -2.14. The standard InChI is InChI=1S/C16H16O5/c1-19-14(17)12-8-13-11(10-6-4-3-5-7-10)9-16(12,21-13)15(18)20-2/h3-8,11,13H,9H2,1-2H3. The van der Waals surface area contributed by atoms with E-state index in [1.165, 1.54) is 14.2 Å². The fourth-order valence-corrected chi connectivity index (χ4v) is 3.17. The van der Waals surface area contributed by atoms with Crippen LogP contribution < -0.4 is 0 Å². The molecule has 1 aromatic carbocycles. The number of hydrogen-bond acceptors (Lipinski definition) is 5. The van der Waals surface area contributed by atoms with Crippen molar-refractivity contribution >= 4 is 11.9 Å². The van der Waals surface area contributed by atoms with Crippen LogP contribution in [0.4, 0.5) is 0 Å². The number of benzene rings is 1. The lowest BCUT2D eigenvalue weighted by Gasteiger charge is -2.25. The first-order valence-corrected chi connectivity index (χ1v) is 6.74. The Morgan fingerprint density at radius 3 is 2.52 bits per heavy atom. The van der Waals surface area contributed by atoms with Gasteiger partial charge in [-0.05, 0) is 11.6 Å². The van der Waals surface area contributed by atoms with Crippen LogP contribution >= 0.6 is 0 Å². The maximum absolute atomic E-state index is 12.2. The summed E-state index contributed by atoms with van der Waals surface area (Å²) < 4.78 is 15.5. The molecule has 21 heavy (non-hydrogen) atoms. The Kier molecular flexibility index (Phi) is 3.29. The first kappa shape index (κ1) is 13.8. The predicted molar refractivity (Wildman–Crippen MR) is 73.5 cm³/mol. The molecule has 3 rings (SSSR count). The molecular weight excluding hydrogens is 272 g/mol. The lowest BCUT2D eigenvalue weighted by Crippen LogP contribution is -2.42. The van der Waals surface area contributed by atoms with Gasteiger partial charge in [-0.15, -0.1) is 0 Å². The van der Waals surface area contributed by atoms with E-state index in [1.807, 2.05) is 30.3 Å². The normalized spacial score (nSPS) is 29.9. The largest absolute Gasteiger partial charge is 0.467 e. The van der Waals surface area contributed by atoms with Gasteiger partial charge in [-0.25, -0.2) is 9.59 Å². The molecule has 0 spiro atoms. The van der Waals surface area contributed by atoms with Crippen molar-refractivity contribution in [3.63, 3.8) is 0 Å². The summed E-state index contributed by atoms with van der Waals surface area (Å²) in [5.41, 5.74) is -0.0185. The second-order valence-electron chi connectivity index (χ2n) is 5.19. The SMILES string of the molecule is COC(=O)C1=CC2OC1(C(=O)OC)CC2c1ccccc1. The minimum atomic E-state index is -1.34. The van der Waals surface area contributed by atoms with E-state index in [2.05, 4.69) is 0 Å². The van der Waals surface area contributed by atoms with E-state index in [-0.39, 0.29) is 17.6 Å². The highest BCUT2D eigenvalue weighted by atomic mass is 16.6. The predicted octanol–water partition coefficient (Wildman–Crippen LogP) is 1.58. The van der Waals surface area contributed by atoms with Gasteiger partial charge in [0.1, 0.15) is 0 Å². The summed E-state index contributed by atoms with van der Waals surface area (Å²) in [5.74, 6) is -1.08. The number of ether oxygens (including phenoxy) is 3. The van der Waals surface area contributed by atoms with Crippen LogP contribution in [0.3, 0.4) is 0 Å². The molecule has 110 valence electrons. The minimum absolute atomic E-state index is 0.0266. The molecule has 2 aliphatic heterocycles. The molecule has 3 atom stereocenters. The lowest BCUT2D eigenvalue weighted by atomic mass is 9.77. The van der Waals surface area contributed by atoms with Crippen molar-refractivity contribution in [2.45, 2.75) is 24.0 Å². The van der Waals surface area contributed by atoms with E-state index in [9.17, 15) is 9.59 Å². The van der Waals surface area contributed by atoms with Gasteiger partial charge in [0, 0.05) is 12.3 Å². The molecule has 1 saturated heterocycles. The number of rotatable bonds is 3. The van der Waals surface area contributed by atoms with Gasteiger partial charge in [-0.1, -0.05) is 30.3 Å². The van der Waals surface area contributed by atoms with Crippen molar-refractivity contribution in [1.29, 1.82) is 0 Å². The quantitative estimate of drug-likeness (QED) is 0.790. The molecule has 1 fully saturated rings. The van der Waals surface area contributed by atoms with Crippen molar-refractivity contribution in [2.24, 2.45) is 0 Å². The zero-order chi connectivity index (χ0) is 15.0. The Morgan fingerprint density at radius 2 is 1.90 bits per heavy atom. The van der Waals surface area contributed by atoms with E-state index < -0.39 is 17.5 Å². The van der Waals surface area contributed by atoms with Crippen LogP contribution in [0.15, 0.2) is 42.0 Å². The maximum atomic E-state index is 12.2.